The average Bonchev–Trinajstić information content (AvgIpc) is 3.61. The molecule has 168 valence electrons. The van der Waals surface area contributed by atoms with E-state index in [1.54, 1.807) is 18.2 Å². The van der Waals surface area contributed by atoms with E-state index in [4.69, 9.17) is 4.74 Å². The van der Waals surface area contributed by atoms with Gasteiger partial charge in [0.05, 0.1) is 30.1 Å². The highest BCUT2D eigenvalue weighted by molar-refractivity contribution is 6.00. The average molecular weight is 445 g/mol. The monoisotopic (exact) mass is 445 g/mol. The molecule has 0 atom stereocenters. The van der Waals surface area contributed by atoms with Gasteiger partial charge in [-0.1, -0.05) is 12.1 Å². The van der Waals surface area contributed by atoms with E-state index in [1.165, 1.54) is 19.4 Å². The lowest BCUT2D eigenvalue weighted by molar-refractivity contribution is 0.0988. The quantitative estimate of drug-likeness (QED) is 0.397. The maximum atomic E-state index is 14.5. The minimum atomic E-state index is -0.505. The number of benzene rings is 2. The van der Waals surface area contributed by atoms with Crippen LogP contribution in [0, 0.1) is 5.82 Å². The van der Waals surface area contributed by atoms with Gasteiger partial charge in [-0.25, -0.2) is 14.4 Å². The molecule has 0 aliphatic heterocycles. The van der Waals surface area contributed by atoms with Crippen LogP contribution in [0.4, 0.5) is 10.1 Å². The second-order valence-electron chi connectivity index (χ2n) is 8.30. The van der Waals surface area contributed by atoms with Crippen molar-refractivity contribution in [3.05, 3.63) is 65.9 Å². The summed E-state index contributed by atoms with van der Waals surface area (Å²) in [6.07, 6.45) is 5.77. The van der Waals surface area contributed by atoms with Crippen LogP contribution in [-0.2, 0) is 13.5 Å². The first-order valence-corrected chi connectivity index (χ1v) is 10.8. The lowest BCUT2D eigenvalue weighted by Gasteiger charge is -2.23. The number of carbonyl (C=O) groups excluding carboxylic acids is 1. The maximum Gasteiger partial charge on any atom is 0.185 e. The predicted molar refractivity (Wildman–Crippen MR) is 124 cm³/mol. The number of aromatic nitrogens is 4. The van der Waals surface area contributed by atoms with E-state index in [9.17, 15) is 9.18 Å². The first-order valence-electron chi connectivity index (χ1n) is 10.8. The molecule has 0 bridgehead atoms. The summed E-state index contributed by atoms with van der Waals surface area (Å²) in [4.78, 5) is 24.1. The number of aryl methyl sites for hydroxylation is 1. The maximum absolute atomic E-state index is 14.5. The molecule has 0 radical (unpaired) electrons. The van der Waals surface area contributed by atoms with Gasteiger partial charge >= 0.3 is 0 Å². The van der Waals surface area contributed by atoms with Gasteiger partial charge in [-0.15, -0.1) is 0 Å². The first kappa shape index (κ1) is 21.1. The zero-order valence-electron chi connectivity index (χ0n) is 18.7. The van der Waals surface area contributed by atoms with Crippen LogP contribution in [0.5, 0.6) is 5.75 Å². The number of ketones is 1. The SMILES string of the molecule is COc1cccc(F)c1-c1nccc(C(=O)Cc2ccc3c(cnn3C)c2N(C)C2CC2)n1. The van der Waals surface area contributed by atoms with Crippen molar-refractivity contribution in [2.75, 3.05) is 19.1 Å². The van der Waals surface area contributed by atoms with E-state index in [-0.39, 0.29) is 29.3 Å². The summed E-state index contributed by atoms with van der Waals surface area (Å²) >= 11 is 0. The highest BCUT2D eigenvalue weighted by Crippen LogP contribution is 2.37. The molecule has 0 amide bonds. The van der Waals surface area contributed by atoms with Crippen molar-refractivity contribution in [3.8, 4) is 17.1 Å². The second kappa shape index (κ2) is 8.27. The van der Waals surface area contributed by atoms with Crippen molar-refractivity contribution in [2.45, 2.75) is 25.3 Å². The summed E-state index contributed by atoms with van der Waals surface area (Å²) in [5.74, 6) is -0.235. The number of anilines is 1. The van der Waals surface area contributed by atoms with Crippen LogP contribution in [0.3, 0.4) is 0 Å². The smallest absolute Gasteiger partial charge is 0.185 e. The van der Waals surface area contributed by atoms with E-state index in [2.05, 4.69) is 27.0 Å². The molecule has 1 fully saturated rings. The number of hydrogen-bond donors (Lipinski definition) is 0. The molecular weight excluding hydrogens is 421 g/mol. The van der Waals surface area contributed by atoms with Crippen LogP contribution in [0.2, 0.25) is 0 Å². The number of methoxy groups -OCH3 is 1. The molecule has 1 saturated carbocycles. The second-order valence-corrected chi connectivity index (χ2v) is 8.30. The van der Waals surface area contributed by atoms with Crippen LogP contribution in [0.15, 0.2) is 48.8 Å². The summed E-state index contributed by atoms with van der Waals surface area (Å²) in [6.45, 7) is 0. The number of halogens is 1. The van der Waals surface area contributed by atoms with Crippen molar-refractivity contribution in [3.63, 3.8) is 0 Å². The molecule has 1 aliphatic rings. The Morgan fingerprint density at radius 3 is 2.82 bits per heavy atom. The number of hydrogen-bond acceptors (Lipinski definition) is 6. The molecule has 4 aromatic rings. The Morgan fingerprint density at radius 1 is 1.24 bits per heavy atom. The predicted octanol–water partition coefficient (Wildman–Crippen LogP) is 4.20. The van der Waals surface area contributed by atoms with Crippen molar-refractivity contribution in [2.24, 2.45) is 7.05 Å². The molecule has 7 nitrogen and oxygen atoms in total. The minimum Gasteiger partial charge on any atom is -0.496 e. The van der Waals surface area contributed by atoms with Crippen molar-refractivity contribution in [1.29, 1.82) is 0 Å². The Labute approximate surface area is 190 Å². The fourth-order valence-corrected chi connectivity index (χ4v) is 4.25. The Kier molecular flexibility index (Phi) is 5.28. The Bertz CT molecular complexity index is 1360. The Balaban J connectivity index is 1.51. The fourth-order valence-electron chi connectivity index (χ4n) is 4.25. The fraction of sp³-hybridized carbons (Fsp3) is 0.280. The summed E-state index contributed by atoms with van der Waals surface area (Å²) in [5, 5.41) is 5.43. The van der Waals surface area contributed by atoms with Gasteiger partial charge in [0.2, 0.25) is 0 Å². The molecule has 8 heteroatoms. The van der Waals surface area contributed by atoms with Crippen molar-refractivity contribution < 1.29 is 13.9 Å². The van der Waals surface area contributed by atoms with Gasteiger partial charge < -0.3 is 9.64 Å². The third-order valence-electron chi connectivity index (χ3n) is 6.14. The molecule has 0 unspecified atom stereocenters. The van der Waals surface area contributed by atoms with Gasteiger partial charge in [0.1, 0.15) is 17.3 Å². The molecule has 1 aliphatic carbocycles. The molecule has 0 saturated heterocycles. The molecule has 2 aromatic carbocycles. The molecule has 2 aromatic heterocycles. The summed E-state index contributed by atoms with van der Waals surface area (Å²) in [6, 6.07) is 10.5. The summed E-state index contributed by atoms with van der Waals surface area (Å²) < 4.78 is 21.6. The largest absolute Gasteiger partial charge is 0.496 e. The van der Waals surface area contributed by atoms with Gasteiger partial charge in [-0.2, -0.15) is 5.10 Å². The molecule has 0 spiro atoms. The minimum absolute atomic E-state index is 0.119. The van der Waals surface area contributed by atoms with Gasteiger partial charge in [-0.05, 0) is 42.7 Å². The zero-order chi connectivity index (χ0) is 23.1. The molecule has 0 N–H and O–H groups in total. The van der Waals surface area contributed by atoms with Crippen LogP contribution >= 0.6 is 0 Å². The molecule has 2 heterocycles. The molecular formula is C25H24FN5O2. The lowest BCUT2D eigenvalue weighted by Crippen LogP contribution is -2.22. The number of Topliss-reactive ketones (excluding diaryl/α,β-unsaturated/α-hetero) is 1. The van der Waals surface area contributed by atoms with E-state index >= 15 is 0 Å². The number of carbonyl (C=O) groups is 1. The standard InChI is InChI=1S/C25H24FN5O2/c1-30(16-8-9-16)24-15(7-10-20-17(24)14-28-31(20)2)13-21(32)19-11-12-27-25(29-19)23-18(26)5-4-6-22(23)33-3/h4-7,10-12,14,16H,8-9,13H2,1-3H3. The normalized spacial score (nSPS) is 13.3. The summed E-state index contributed by atoms with van der Waals surface area (Å²) in [5.41, 5.74) is 3.34. The third-order valence-corrected chi connectivity index (χ3v) is 6.14. The molecule has 33 heavy (non-hydrogen) atoms. The third kappa shape index (κ3) is 3.82. The highest BCUT2D eigenvalue weighted by Gasteiger charge is 2.30. The zero-order valence-corrected chi connectivity index (χ0v) is 18.7. The van der Waals surface area contributed by atoms with Gasteiger partial charge in [0, 0.05) is 38.1 Å². The van der Waals surface area contributed by atoms with Crippen LogP contribution < -0.4 is 9.64 Å². The van der Waals surface area contributed by atoms with E-state index < -0.39 is 5.82 Å². The van der Waals surface area contributed by atoms with Crippen molar-refractivity contribution >= 4 is 22.4 Å². The Hall–Kier alpha value is -3.81. The van der Waals surface area contributed by atoms with Gasteiger partial charge in [0.25, 0.3) is 0 Å². The van der Waals surface area contributed by atoms with Crippen LogP contribution in [0.25, 0.3) is 22.3 Å². The number of rotatable bonds is 7. The van der Waals surface area contributed by atoms with E-state index in [1.807, 2.05) is 30.1 Å². The van der Waals surface area contributed by atoms with Crippen LogP contribution in [0.1, 0.15) is 28.9 Å². The number of ether oxygens (including phenoxy) is 1. The van der Waals surface area contributed by atoms with Gasteiger partial charge in [-0.3, -0.25) is 9.48 Å². The molecule has 5 rings (SSSR count). The van der Waals surface area contributed by atoms with E-state index in [0.29, 0.717) is 11.8 Å². The summed E-state index contributed by atoms with van der Waals surface area (Å²) in [7, 11) is 5.44. The van der Waals surface area contributed by atoms with E-state index in [0.717, 1.165) is 35.0 Å². The Morgan fingerprint density at radius 2 is 2.06 bits per heavy atom. The number of nitrogens with zero attached hydrogens (tertiary/aromatic N) is 5. The number of fused-ring (bicyclic) bond motifs is 1. The topological polar surface area (TPSA) is 73.1 Å². The van der Waals surface area contributed by atoms with Crippen LogP contribution in [-0.4, -0.2) is 45.7 Å². The first-order chi connectivity index (χ1) is 16.0. The highest BCUT2D eigenvalue weighted by atomic mass is 19.1. The van der Waals surface area contributed by atoms with Crippen molar-refractivity contribution in [1.82, 2.24) is 19.7 Å². The lowest BCUT2D eigenvalue weighted by atomic mass is 10.0. The van der Waals surface area contributed by atoms with Gasteiger partial charge in [0.15, 0.2) is 11.6 Å².